The fourth-order valence-corrected chi connectivity index (χ4v) is 2.52. The van der Waals surface area contributed by atoms with Gasteiger partial charge in [-0.3, -0.25) is 4.79 Å². The number of fused-ring (bicyclic) bond motifs is 1. The number of benzene rings is 2. The Bertz CT molecular complexity index is 864. The molecule has 0 fully saturated rings. The number of methoxy groups -OCH3 is 1. The van der Waals surface area contributed by atoms with Gasteiger partial charge in [-0.05, 0) is 44.2 Å². The van der Waals surface area contributed by atoms with Gasteiger partial charge in [0.25, 0.3) is 5.56 Å². The highest BCUT2D eigenvalue weighted by Gasteiger charge is 2.13. The second kappa shape index (κ2) is 5.64. The third kappa shape index (κ3) is 2.37. The van der Waals surface area contributed by atoms with Crippen LogP contribution in [0.25, 0.3) is 22.0 Å². The summed E-state index contributed by atoms with van der Waals surface area (Å²) in [5.41, 5.74) is 1.72. The third-order valence-corrected chi connectivity index (χ3v) is 3.68. The number of ether oxygens (including phenoxy) is 1. The summed E-state index contributed by atoms with van der Waals surface area (Å²) in [6.07, 6.45) is 0. The lowest BCUT2D eigenvalue weighted by Gasteiger charge is -2.13. The van der Waals surface area contributed by atoms with Crippen molar-refractivity contribution in [3.8, 4) is 17.0 Å². The topological polar surface area (TPSA) is 44.1 Å². The fraction of sp³-hybridized carbons (Fsp3) is 0.222. The highest BCUT2D eigenvalue weighted by Crippen LogP contribution is 2.26. The Balaban J connectivity index is 2.32. The van der Waals surface area contributed by atoms with Gasteiger partial charge in [0.15, 0.2) is 0 Å². The number of hydrogen-bond acceptors (Lipinski definition) is 3. The van der Waals surface area contributed by atoms with E-state index in [0.29, 0.717) is 5.39 Å². The molecule has 4 heteroatoms. The van der Waals surface area contributed by atoms with Gasteiger partial charge in [-0.1, -0.05) is 18.2 Å². The van der Waals surface area contributed by atoms with Gasteiger partial charge in [0.05, 0.1) is 24.2 Å². The monoisotopic (exact) mass is 294 g/mol. The van der Waals surface area contributed by atoms with Crippen LogP contribution in [0.5, 0.6) is 5.75 Å². The molecule has 0 saturated heterocycles. The summed E-state index contributed by atoms with van der Waals surface area (Å²) in [7, 11) is 1.64. The van der Waals surface area contributed by atoms with E-state index in [9.17, 15) is 4.79 Å². The van der Waals surface area contributed by atoms with Gasteiger partial charge in [-0.2, -0.15) is 5.10 Å². The van der Waals surface area contributed by atoms with Crippen LogP contribution in [0.4, 0.5) is 0 Å². The largest absolute Gasteiger partial charge is 0.497 e. The van der Waals surface area contributed by atoms with E-state index in [1.54, 1.807) is 11.8 Å². The van der Waals surface area contributed by atoms with Gasteiger partial charge in [-0.25, -0.2) is 4.68 Å². The molecule has 0 aliphatic heterocycles. The lowest BCUT2D eigenvalue weighted by Crippen LogP contribution is -2.25. The van der Waals surface area contributed by atoms with E-state index in [1.165, 1.54) is 0 Å². The van der Waals surface area contributed by atoms with Crippen LogP contribution < -0.4 is 10.3 Å². The summed E-state index contributed by atoms with van der Waals surface area (Å²) in [5, 5.41) is 6.15. The second-order valence-corrected chi connectivity index (χ2v) is 5.47. The smallest absolute Gasteiger partial charge is 0.274 e. The minimum absolute atomic E-state index is 0.00843. The van der Waals surface area contributed by atoms with Gasteiger partial charge >= 0.3 is 0 Å². The van der Waals surface area contributed by atoms with Crippen molar-refractivity contribution in [2.24, 2.45) is 0 Å². The number of nitrogens with zero attached hydrogens (tertiary/aromatic N) is 2. The van der Waals surface area contributed by atoms with Crippen LogP contribution in [0, 0.1) is 0 Å². The summed E-state index contributed by atoms with van der Waals surface area (Å²) in [4.78, 5) is 12.5. The van der Waals surface area contributed by atoms with Crippen molar-refractivity contribution in [1.82, 2.24) is 9.78 Å². The normalized spacial score (nSPS) is 11.1. The van der Waals surface area contributed by atoms with Gasteiger partial charge in [0.2, 0.25) is 0 Å². The molecule has 22 heavy (non-hydrogen) atoms. The molecule has 0 unspecified atom stereocenters. The molecule has 112 valence electrons. The average Bonchev–Trinajstić information content (AvgIpc) is 2.55. The molecule has 0 aliphatic rings. The summed E-state index contributed by atoms with van der Waals surface area (Å²) in [6.45, 7) is 3.92. The van der Waals surface area contributed by atoms with Crippen molar-refractivity contribution < 1.29 is 4.74 Å². The van der Waals surface area contributed by atoms with Crippen molar-refractivity contribution in [2.45, 2.75) is 19.9 Å². The van der Waals surface area contributed by atoms with E-state index in [0.717, 1.165) is 22.4 Å². The van der Waals surface area contributed by atoms with E-state index < -0.39 is 0 Å². The molecule has 3 rings (SSSR count). The Labute approximate surface area is 129 Å². The molecule has 3 aromatic rings. The molecule has 0 aliphatic carbocycles. The van der Waals surface area contributed by atoms with E-state index in [2.05, 4.69) is 5.10 Å². The summed E-state index contributed by atoms with van der Waals surface area (Å²) in [5.74, 6) is 0.797. The molecule has 0 N–H and O–H groups in total. The zero-order valence-corrected chi connectivity index (χ0v) is 12.9. The maximum absolute atomic E-state index is 12.5. The molecule has 2 aromatic carbocycles. The Hall–Kier alpha value is -2.62. The summed E-state index contributed by atoms with van der Waals surface area (Å²) < 4.78 is 6.74. The molecule has 1 aromatic heterocycles. The minimum Gasteiger partial charge on any atom is -0.497 e. The van der Waals surface area contributed by atoms with Crippen LogP contribution in [0.2, 0.25) is 0 Å². The Morgan fingerprint density at radius 1 is 1.00 bits per heavy atom. The number of hydrogen-bond donors (Lipinski definition) is 0. The third-order valence-electron chi connectivity index (χ3n) is 3.68. The van der Waals surface area contributed by atoms with E-state index in [4.69, 9.17) is 4.74 Å². The zero-order chi connectivity index (χ0) is 15.7. The Morgan fingerprint density at radius 3 is 2.23 bits per heavy atom. The zero-order valence-electron chi connectivity index (χ0n) is 12.9. The molecule has 0 bridgehead atoms. The molecule has 0 amide bonds. The number of aromatic nitrogens is 2. The molecule has 0 saturated carbocycles. The standard InChI is InChI=1S/C18H18N2O2/c1-12(2)20-18(21)16-7-5-4-6-15(16)17(19-20)13-8-10-14(22-3)11-9-13/h4-12H,1-3H3. The second-order valence-electron chi connectivity index (χ2n) is 5.47. The molecule has 0 atom stereocenters. The van der Waals surface area contributed by atoms with E-state index >= 15 is 0 Å². The van der Waals surface area contributed by atoms with Crippen molar-refractivity contribution in [2.75, 3.05) is 7.11 Å². The van der Waals surface area contributed by atoms with Crippen LogP contribution in [-0.2, 0) is 0 Å². The van der Waals surface area contributed by atoms with Crippen LogP contribution in [0.3, 0.4) is 0 Å². The fourth-order valence-electron chi connectivity index (χ4n) is 2.52. The maximum atomic E-state index is 12.5. The Kier molecular flexibility index (Phi) is 3.67. The van der Waals surface area contributed by atoms with Crippen molar-refractivity contribution in [3.05, 3.63) is 58.9 Å². The van der Waals surface area contributed by atoms with Crippen LogP contribution >= 0.6 is 0 Å². The first kappa shape index (κ1) is 14.3. The maximum Gasteiger partial charge on any atom is 0.274 e. The highest BCUT2D eigenvalue weighted by atomic mass is 16.5. The summed E-state index contributed by atoms with van der Waals surface area (Å²) in [6, 6.07) is 15.3. The van der Waals surface area contributed by atoms with E-state index in [-0.39, 0.29) is 11.6 Å². The molecule has 1 heterocycles. The van der Waals surface area contributed by atoms with Crippen molar-refractivity contribution in [3.63, 3.8) is 0 Å². The predicted octanol–water partition coefficient (Wildman–Crippen LogP) is 3.65. The highest BCUT2D eigenvalue weighted by molar-refractivity contribution is 5.93. The van der Waals surface area contributed by atoms with Gasteiger partial charge in [0.1, 0.15) is 5.75 Å². The van der Waals surface area contributed by atoms with Gasteiger partial charge < -0.3 is 4.74 Å². The van der Waals surface area contributed by atoms with E-state index in [1.807, 2.05) is 62.4 Å². The molecule has 4 nitrogen and oxygen atoms in total. The average molecular weight is 294 g/mol. The van der Waals surface area contributed by atoms with Crippen LogP contribution in [0.1, 0.15) is 19.9 Å². The van der Waals surface area contributed by atoms with Gasteiger partial charge in [0, 0.05) is 10.9 Å². The predicted molar refractivity (Wildman–Crippen MR) is 88.4 cm³/mol. The van der Waals surface area contributed by atoms with Crippen molar-refractivity contribution in [1.29, 1.82) is 0 Å². The SMILES string of the molecule is COc1ccc(-c2nn(C(C)C)c(=O)c3ccccc23)cc1. The summed E-state index contributed by atoms with van der Waals surface area (Å²) >= 11 is 0. The first-order valence-electron chi connectivity index (χ1n) is 7.28. The quantitative estimate of drug-likeness (QED) is 0.740. The lowest BCUT2D eigenvalue weighted by atomic mass is 10.0. The van der Waals surface area contributed by atoms with Gasteiger partial charge in [-0.15, -0.1) is 0 Å². The number of rotatable bonds is 3. The molecule has 0 spiro atoms. The molecular weight excluding hydrogens is 276 g/mol. The molecular formula is C18H18N2O2. The van der Waals surface area contributed by atoms with Crippen LogP contribution in [-0.4, -0.2) is 16.9 Å². The Morgan fingerprint density at radius 2 is 1.64 bits per heavy atom. The van der Waals surface area contributed by atoms with Crippen molar-refractivity contribution >= 4 is 10.8 Å². The first-order chi connectivity index (χ1) is 10.6. The first-order valence-corrected chi connectivity index (χ1v) is 7.28. The lowest BCUT2D eigenvalue weighted by molar-refractivity contribution is 0.415. The van der Waals surface area contributed by atoms with Crippen LogP contribution in [0.15, 0.2) is 53.3 Å². The minimum atomic E-state index is -0.0529. The molecule has 0 radical (unpaired) electrons.